The van der Waals surface area contributed by atoms with Crippen molar-refractivity contribution in [1.82, 2.24) is 4.90 Å². The fraction of sp³-hybridized carbons (Fsp3) is 0.357. The Hall–Kier alpha value is -1.39. The van der Waals surface area contributed by atoms with Gasteiger partial charge in [0.25, 0.3) is 0 Å². The number of amides is 1. The summed E-state index contributed by atoms with van der Waals surface area (Å²) in [5.41, 5.74) is 6.02. The normalized spacial score (nSPS) is 17.1. The Kier molecular flexibility index (Phi) is 4.56. The molecule has 2 N–H and O–H groups in total. The molecule has 0 radical (unpaired) electrons. The van der Waals surface area contributed by atoms with E-state index in [1.165, 1.54) is 24.3 Å². The molecule has 0 aromatic heterocycles. The van der Waals surface area contributed by atoms with Crippen molar-refractivity contribution in [3.8, 4) is 0 Å². The number of carbonyl (C=O) groups excluding carboxylic acids is 1. The summed E-state index contributed by atoms with van der Waals surface area (Å²) in [5, 5.41) is 0.296. The van der Waals surface area contributed by atoms with E-state index in [2.05, 4.69) is 0 Å². The lowest BCUT2D eigenvalue weighted by molar-refractivity contribution is -0.126. The Morgan fingerprint density at radius 3 is 2.74 bits per heavy atom. The molecule has 1 aromatic rings. The zero-order chi connectivity index (χ0) is 13.8. The van der Waals surface area contributed by atoms with Crippen molar-refractivity contribution >= 4 is 23.6 Å². The van der Waals surface area contributed by atoms with Crippen LogP contribution in [-0.2, 0) is 4.79 Å². The van der Waals surface area contributed by atoms with Gasteiger partial charge in [0.05, 0.1) is 5.02 Å². The second-order valence-corrected chi connectivity index (χ2v) is 5.04. The van der Waals surface area contributed by atoms with Gasteiger partial charge in [0, 0.05) is 30.8 Å². The van der Waals surface area contributed by atoms with Crippen LogP contribution < -0.4 is 5.73 Å². The van der Waals surface area contributed by atoms with E-state index in [9.17, 15) is 9.18 Å². The molecule has 1 heterocycles. The van der Waals surface area contributed by atoms with Crippen LogP contribution in [0.2, 0.25) is 5.02 Å². The number of hydrogen-bond donors (Lipinski definition) is 1. The lowest BCUT2D eigenvalue weighted by atomic mass is 10.1. The number of piperidine rings is 1. The highest BCUT2D eigenvalue weighted by atomic mass is 35.5. The number of benzene rings is 1. The molecule has 0 aliphatic carbocycles. The molecule has 1 saturated heterocycles. The second kappa shape index (κ2) is 6.17. The van der Waals surface area contributed by atoms with Crippen LogP contribution in [0.4, 0.5) is 4.39 Å². The number of nitrogens with two attached hydrogens (primary N) is 1. The zero-order valence-corrected chi connectivity index (χ0v) is 11.2. The maximum atomic E-state index is 13.5. The van der Waals surface area contributed by atoms with Gasteiger partial charge < -0.3 is 10.6 Å². The average Bonchev–Trinajstić information content (AvgIpc) is 2.38. The van der Waals surface area contributed by atoms with Crippen molar-refractivity contribution in [3.63, 3.8) is 0 Å². The van der Waals surface area contributed by atoms with Crippen LogP contribution in [0.5, 0.6) is 0 Å². The second-order valence-electron chi connectivity index (χ2n) is 4.63. The SMILES string of the molecule is NC1CCN(C(=O)/C=C/c2c(F)cccc2Cl)CC1. The van der Waals surface area contributed by atoms with Gasteiger partial charge in [-0.3, -0.25) is 4.79 Å². The van der Waals surface area contributed by atoms with Crippen LogP contribution in [0.3, 0.4) is 0 Å². The van der Waals surface area contributed by atoms with E-state index in [0.717, 1.165) is 12.8 Å². The topological polar surface area (TPSA) is 46.3 Å². The van der Waals surface area contributed by atoms with Crippen molar-refractivity contribution in [1.29, 1.82) is 0 Å². The van der Waals surface area contributed by atoms with Crippen molar-refractivity contribution in [2.45, 2.75) is 18.9 Å². The molecule has 0 unspecified atom stereocenters. The molecule has 2 rings (SSSR count). The van der Waals surface area contributed by atoms with Gasteiger partial charge in [-0.15, -0.1) is 0 Å². The van der Waals surface area contributed by atoms with Gasteiger partial charge in [0.2, 0.25) is 5.91 Å². The van der Waals surface area contributed by atoms with Gasteiger partial charge in [-0.25, -0.2) is 4.39 Å². The molecule has 0 spiro atoms. The van der Waals surface area contributed by atoms with Gasteiger partial charge in [0.1, 0.15) is 5.82 Å². The Bertz CT molecular complexity index is 476. The van der Waals surface area contributed by atoms with Crippen molar-refractivity contribution in [2.75, 3.05) is 13.1 Å². The smallest absolute Gasteiger partial charge is 0.246 e. The fourth-order valence-electron chi connectivity index (χ4n) is 2.05. The lowest BCUT2D eigenvalue weighted by Crippen LogP contribution is -2.42. The Balaban J connectivity index is 2.04. The fourth-order valence-corrected chi connectivity index (χ4v) is 2.28. The molecule has 1 aliphatic heterocycles. The summed E-state index contributed by atoms with van der Waals surface area (Å²) < 4.78 is 13.5. The van der Waals surface area contributed by atoms with Crippen LogP contribution in [0.15, 0.2) is 24.3 Å². The minimum absolute atomic E-state index is 0.133. The third-order valence-electron chi connectivity index (χ3n) is 3.24. The first kappa shape index (κ1) is 14.0. The summed E-state index contributed by atoms with van der Waals surface area (Å²) in [4.78, 5) is 13.7. The minimum Gasteiger partial charge on any atom is -0.339 e. The maximum absolute atomic E-state index is 13.5. The van der Waals surface area contributed by atoms with Crippen LogP contribution in [0, 0.1) is 5.82 Å². The first-order chi connectivity index (χ1) is 9.08. The molecular formula is C14H16ClFN2O. The van der Waals surface area contributed by atoms with Gasteiger partial charge >= 0.3 is 0 Å². The first-order valence-corrected chi connectivity index (χ1v) is 6.62. The summed E-state index contributed by atoms with van der Waals surface area (Å²) in [6.45, 7) is 1.30. The first-order valence-electron chi connectivity index (χ1n) is 6.24. The summed E-state index contributed by atoms with van der Waals surface area (Å²) in [5.74, 6) is -0.566. The predicted molar refractivity (Wildman–Crippen MR) is 74.2 cm³/mol. The number of hydrogen-bond acceptors (Lipinski definition) is 2. The zero-order valence-electron chi connectivity index (χ0n) is 10.5. The van der Waals surface area contributed by atoms with E-state index >= 15 is 0 Å². The minimum atomic E-state index is -0.433. The molecule has 102 valence electrons. The largest absolute Gasteiger partial charge is 0.339 e. The van der Waals surface area contributed by atoms with E-state index in [-0.39, 0.29) is 17.5 Å². The molecule has 3 nitrogen and oxygen atoms in total. The number of likely N-dealkylation sites (tertiary alicyclic amines) is 1. The van der Waals surface area contributed by atoms with E-state index in [1.54, 1.807) is 11.0 Å². The number of rotatable bonds is 2. The summed E-state index contributed by atoms with van der Waals surface area (Å²) in [6, 6.07) is 4.61. The highest BCUT2D eigenvalue weighted by Crippen LogP contribution is 2.20. The Morgan fingerprint density at radius 1 is 1.42 bits per heavy atom. The van der Waals surface area contributed by atoms with E-state index in [1.807, 2.05) is 0 Å². The standard InChI is InChI=1S/C14H16ClFN2O/c15-12-2-1-3-13(16)11(12)4-5-14(19)18-8-6-10(17)7-9-18/h1-5,10H,6-9,17H2/b5-4+. The molecule has 0 saturated carbocycles. The quantitative estimate of drug-likeness (QED) is 0.847. The van der Waals surface area contributed by atoms with Crippen molar-refractivity contribution in [3.05, 3.63) is 40.7 Å². The summed E-state index contributed by atoms with van der Waals surface area (Å²) in [7, 11) is 0. The molecule has 1 aromatic carbocycles. The number of halogens is 2. The molecule has 5 heteroatoms. The Morgan fingerprint density at radius 2 is 2.11 bits per heavy atom. The molecule has 19 heavy (non-hydrogen) atoms. The molecule has 0 atom stereocenters. The van der Waals surface area contributed by atoms with Gasteiger partial charge in [-0.05, 0) is 31.1 Å². The molecule has 0 bridgehead atoms. The summed E-state index contributed by atoms with van der Waals surface area (Å²) >= 11 is 5.89. The molecule has 1 amide bonds. The molecular weight excluding hydrogens is 267 g/mol. The highest BCUT2D eigenvalue weighted by Gasteiger charge is 2.18. The van der Waals surface area contributed by atoms with Crippen LogP contribution in [0.25, 0.3) is 6.08 Å². The Labute approximate surface area is 116 Å². The predicted octanol–water partition coefficient (Wildman–Crippen LogP) is 2.44. The monoisotopic (exact) mass is 282 g/mol. The van der Waals surface area contributed by atoms with Crippen LogP contribution in [-0.4, -0.2) is 29.9 Å². The van der Waals surface area contributed by atoms with Gasteiger partial charge in [0.15, 0.2) is 0 Å². The third kappa shape index (κ3) is 3.55. The highest BCUT2D eigenvalue weighted by molar-refractivity contribution is 6.32. The van der Waals surface area contributed by atoms with Crippen molar-refractivity contribution in [2.24, 2.45) is 5.73 Å². The third-order valence-corrected chi connectivity index (χ3v) is 3.57. The van der Waals surface area contributed by atoms with Gasteiger partial charge in [-0.1, -0.05) is 17.7 Å². The molecule has 1 aliphatic rings. The summed E-state index contributed by atoms with van der Waals surface area (Å²) in [6.07, 6.45) is 4.40. The van der Waals surface area contributed by atoms with Crippen LogP contribution in [0.1, 0.15) is 18.4 Å². The average molecular weight is 283 g/mol. The van der Waals surface area contributed by atoms with Gasteiger partial charge in [-0.2, -0.15) is 0 Å². The van der Waals surface area contributed by atoms with Crippen molar-refractivity contribution < 1.29 is 9.18 Å². The van der Waals surface area contributed by atoms with Crippen LogP contribution >= 0.6 is 11.6 Å². The van der Waals surface area contributed by atoms with E-state index in [4.69, 9.17) is 17.3 Å². The van der Waals surface area contributed by atoms with E-state index < -0.39 is 5.82 Å². The number of nitrogens with zero attached hydrogens (tertiary/aromatic N) is 1. The lowest BCUT2D eigenvalue weighted by Gasteiger charge is -2.29. The number of carbonyl (C=O) groups is 1. The maximum Gasteiger partial charge on any atom is 0.246 e. The molecule has 1 fully saturated rings. The van der Waals surface area contributed by atoms with E-state index in [0.29, 0.717) is 18.1 Å².